The first-order chi connectivity index (χ1) is 14.6. The number of hydrogen-bond donors (Lipinski definition) is 1. The van der Waals surface area contributed by atoms with E-state index < -0.39 is 0 Å². The molecule has 154 valence electrons. The Hall–Kier alpha value is -3.32. The second kappa shape index (κ2) is 7.84. The quantitative estimate of drug-likeness (QED) is 0.721. The van der Waals surface area contributed by atoms with Crippen LogP contribution in [0.4, 0.5) is 5.95 Å². The summed E-state index contributed by atoms with van der Waals surface area (Å²) >= 11 is 0. The molecule has 1 N–H and O–H groups in total. The number of H-pyrrole nitrogens is 1. The lowest BCUT2D eigenvalue weighted by atomic mass is 10.1. The van der Waals surface area contributed by atoms with Gasteiger partial charge in [-0.05, 0) is 24.6 Å². The van der Waals surface area contributed by atoms with Crippen LogP contribution in [0, 0.1) is 6.92 Å². The summed E-state index contributed by atoms with van der Waals surface area (Å²) in [5.74, 6) is 2.27. The van der Waals surface area contributed by atoms with Crippen LogP contribution in [0.3, 0.4) is 0 Å². The minimum Gasteiger partial charge on any atom is -0.454 e. The molecule has 3 aromatic rings. The molecule has 30 heavy (non-hydrogen) atoms. The molecular formula is C23H24N4O3. The van der Waals surface area contributed by atoms with E-state index in [-0.39, 0.29) is 5.56 Å². The molecule has 3 heterocycles. The van der Waals surface area contributed by atoms with Crippen molar-refractivity contribution in [3.63, 3.8) is 0 Å². The van der Waals surface area contributed by atoms with E-state index in [0.29, 0.717) is 18.4 Å². The number of piperazine rings is 1. The average molecular weight is 404 g/mol. The fourth-order valence-electron chi connectivity index (χ4n) is 3.88. The number of aryl methyl sites for hydroxylation is 1. The van der Waals surface area contributed by atoms with E-state index in [2.05, 4.69) is 26.9 Å². The van der Waals surface area contributed by atoms with Crippen LogP contribution in [0.5, 0.6) is 11.5 Å². The molecule has 2 aliphatic heterocycles. The van der Waals surface area contributed by atoms with E-state index in [1.165, 1.54) is 11.1 Å². The fraction of sp³-hybridized carbons (Fsp3) is 0.304. The molecule has 1 fully saturated rings. The Morgan fingerprint density at radius 3 is 2.53 bits per heavy atom. The molecule has 0 amide bonds. The third kappa shape index (κ3) is 3.89. The molecule has 1 aromatic heterocycles. The molecule has 0 spiro atoms. The number of anilines is 1. The van der Waals surface area contributed by atoms with Gasteiger partial charge in [0.05, 0.1) is 5.69 Å². The average Bonchev–Trinajstić information content (AvgIpc) is 3.22. The van der Waals surface area contributed by atoms with Gasteiger partial charge in [0.15, 0.2) is 11.5 Å². The monoisotopic (exact) mass is 404 g/mol. The van der Waals surface area contributed by atoms with E-state index in [9.17, 15) is 4.79 Å². The van der Waals surface area contributed by atoms with Crippen molar-refractivity contribution in [2.45, 2.75) is 13.5 Å². The Morgan fingerprint density at radius 1 is 0.967 bits per heavy atom. The third-order valence-corrected chi connectivity index (χ3v) is 5.59. The van der Waals surface area contributed by atoms with Gasteiger partial charge in [-0.25, -0.2) is 4.98 Å². The number of aromatic amines is 1. The summed E-state index contributed by atoms with van der Waals surface area (Å²) in [6, 6.07) is 15.7. The van der Waals surface area contributed by atoms with Gasteiger partial charge in [0.25, 0.3) is 5.56 Å². The lowest BCUT2D eigenvalue weighted by Gasteiger charge is -2.35. The number of hydrogen-bond acceptors (Lipinski definition) is 6. The lowest BCUT2D eigenvalue weighted by Crippen LogP contribution is -2.47. The summed E-state index contributed by atoms with van der Waals surface area (Å²) in [6.07, 6.45) is 0. The highest BCUT2D eigenvalue weighted by Crippen LogP contribution is 2.33. The van der Waals surface area contributed by atoms with E-state index in [0.717, 1.165) is 49.8 Å². The van der Waals surface area contributed by atoms with Crippen LogP contribution in [0.15, 0.2) is 53.3 Å². The largest absolute Gasteiger partial charge is 0.454 e. The lowest BCUT2D eigenvalue weighted by molar-refractivity contribution is 0.174. The van der Waals surface area contributed by atoms with Crippen LogP contribution < -0.4 is 19.9 Å². The van der Waals surface area contributed by atoms with Crippen LogP contribution in [-0.2, 0) is 6.54 Å². The third-order valence-electron chi connectivity index (χ3n) is 5.59. The number of nitrogens with one attached hydrogen (secondary N) is 1. The first-order valence-electron chi connectivity index (χ1n) is 10.2. The molecule has 0 bridgehead atoms. The molecule has 0 atom stereocenters. The van der Waals surface area contributed by atoms with Crippen molar-refractivity contribution < 1.29 is 9.47 Å². The molecule has 1 saturated heterocycles. The summed E-state index contributed by atoms with van der Waals surface area (Å²) in [4.78, 5) is 24.4. The number of nitrogens with zero attached hydrogens (tertiary/aromatic N) is 3. The molecule has 0 radical (unpaired) electrons. The van der Waals surface area contributed by atoms with Gasteiger partial charge < -0.3 is 14.4 Å². The minimum atomic E-state index is -0.127. The van der Waals surface area contributed by atoms with Crippen LogP contribution >= 0.6 is 0 Å². The van der Waals surface area contributed by atoms with Crippen LogP contribution in [-0.4, -0.2) is 47.8 Å². The molecule has 2 aromatic carbocycles. The number of rotatable bonds is 4. The van der Waals surface area contributed by atoms with E-state index in [1.807, 2.05) is 37.3 Å². The van der Waals surface area contributed by atoms with Gasteiger partial charge in [0.1, 0.15) is 0 Å². The first kappa shape index (κ1) is 18.7. The van der Waals surface area contributed by atoms with Crippen molar-refractivity contribution in [2.75, 3.05) is 37.9 Å². The zero-order valence-corrected chi connectivity index (χ0v) is 16.9. The van der Waals surface area contributed by atoms with Crippen LogP contribution in [0.1, 0.15) is 11.1 Å². The summed E-state index contributed by atoms with van der Waals surface area (Å²) in [5.41, 5.74) is 3.92. The Balaban J connectivity index is 1.26. The zero-order valence-electron chi connectivity index (χ0n) is 16.9. The Kier molecular flexibility index (Phi) is 4.88. The highest BCUT2D eigenvalue weighted by molar-refractivity contribution is 5.60. The molecule has 2 aliphatic rings. The van der Waals surface area contributed by atoms with Gasteiger partial charge in [-0.15, -0.1) is 0 Å². The van der Waals surface area contributed by atoms with Gasteiger partial charge in [-0.1, -0.05) is 35.9 Å². The molecular weight excluding hydrogens is 380 g/mol. The van der Waals surface area contributed by atoms with E-state index in [1.54, 1.807) is 6.07 Å². The SMILES string of the molecule is Cc1ccc(-c2cc(=O)[nH]c(N3CCN(Cc4ccc5c(c4)OCO5)CC3)n2)cc1. The van der Waals surface area contributed by atoms with Crippen LogP contribution in [0.25, 0.3) is 11.3 Å². The van der Waals surface area contributed by atoms with Crippen molar-refractivity contribution in [1.82, 2.24) is 14.9 Å². The van der Waals surface area contributed by atoms with E-state index >= 15 is 0 Å². The Labute approximate surface area is 174 Å². The summed E-state index contributed by atoms with van der Waals surface area (Å²) in [6.45, 7) is 6.61. The predicted molar refractivity (Wildman–Crippen MR) is 115 cm³/mol. The minimum absolute atomic E-state index is 0.127. The van der Waals surface area contributed by atoms with Gasteiger partial charge in [0, 0.05) is 44.4 Å². The molecule has 0 aliphatic carbocycles. The normalized spacial score (nSPS) is 16.1. The Bertz CT molecular complexity index is 1100. The number of ether oxygens (including phenoxy) is 2. The van der Waals surface area contributed by atoms with E-state index in [4.69, 9.17) is 14.5 Å². The van der Waals surface area contributed by atoms with Crippen molar-refractivity contribution in [2.24, 2.45) is 0 Å². The highest BCUT2D eigenvalue weighted by atomic mass is 16.7. The summed E-state index contributed by atoms with van der Waals surface area (Å²) in [5, 5.41) is 0. The van der Waals surface area contributed by atoms with Crippen molar-refractivity contribution >= 4 is 5.95 Å². The standard InChI is InChI=1S/C23H24N4O3/c1-16-2-5-18(6-3-16)19-13-22(28)25-23(24-19)27-10-8-26(9-11-27)14-17-4-7-20-21(12-17)30-15-29-20/h2-7,12-13H,8-11,14-15H2,1H3,(H,24,25,28). The van der Waals surface area contributed by atoms with Crippen molar-refractivity contribution in [3.05, 3.63) is 70.0 Å². The zero-order chi connectivity index (χ0) is 20.5. The topological polar surface area (TPSA) is 70.7 Å². The van der Waals surface area contributed by atoms with Crippen LogP contribution in [0.2, 0.25) is 0 Å². The number of aromatic nitrogens is 2. The molecule has 0 saturated carbocycles. The van der Waals surface area contributed by atoms with Gasteiger partial charge in [0.2, 0.25) is 12.7 Å². The molecule has 7 heteroatoms. The predicted octanol–water partition coefficient (Wildman–Crippen LogP) is 2.80. The maximum absolute atomic E-state index is 12.2. The van der Waals surface area contributed by atoms with Gasteiger partial charge in [-0.2, -0.15) is 0 Å². The number of fused-ring (bicyclic) bond motifs is 1. The number of benzene rings is 2. The van der Waals surface area contributed by atoms with Crippen molar-refractivity contribution in [1.29, 1.82) is 0 Å². The van der Waals surface area contributed by atoms with Crippen molar-refractivity contribution in [3.8, 4) is 22.8 Å². The summed E-state index contributed by atoms with van der Waals surface area (Å²) in [7, 11) is 0. The maximum atomic E-state index is 12.2. The van der Waals surface area contributed by atoms with Gasteiger partial charge >= 0.3 is 0 Å². The van der Waals surface area contributed by atoms with Gasteiger partial charge in [-0.3, -0.25) is 14.7 Å². The molecule has 0 unspecified atom stereocenters. The smallest absolute Gasteiger partial charge is 0.252 e. The molecule has 7 nitrogen and oxygen atoms in total. The summed E-state index contributed by atoms with van der Waals surface area (Å²) < 4.78 is 10.9. The second-order valence-electron chi connectivity index (χ2n) is 7.77. The molecule has 5 rings (SSSR count). The first-order valence-corrected chi connectivity index (χ1v) is 10.2. The fourth-order valence-corrected chi connectivity index (χ4v) is 3.88. The second-order valence-corrected chi connectivity index (χ2v) is 7.77. The highest BCUT2D eigenvalue weighted by Gasteiger charge is 2.21. The Morgan fingerprint density at radius 2 is 1.73 bits per heavy atom. The maximum Gasteiger partial charge on any atom is 0.252 e.